The number of hydrogen-bond donors (Lipinski definition) is 2. The number of nitrogens with zero attached hydrogens (tertiary/aromatic N) is 4. The van der Waals surface area contributed by atoms with E-state index in [1.807, 2.05) is 31.3 Å². The number of fused-ring (bicyclic) bond motifs is 1. The molecule has 0 saturated carbocycles. The van der Waals surface area contributed by atoms with Crippen LogP contribution < -0.4 is 5.32 Å². The Morgan fingerprint density at radius 3 is 2.94 bits per heavy atom. The molecule has 2 aromatic rings. The smallest absolute Gasteiger partial charge is 0.246 e. The van der Waals surface area contributed by atoms with Crippen LogP contribution in [0.5, 0.6) is 0 Å². The second-order valence-corrected chi connectivity index (χ2v) is 8.58. The van der Waals surface area contributed by atoms with E-state index in [-0.39, 0.29) is 5.91 Å². The van der Waals surface area contributed by atoms with Crippen LogP contribution in [0.4, 0.5) is 10.2 Å². The van der Waals surface area contributed by atoms with Gasteiger partial charge >= 0.3 is 0 Å². The summed E-state index contributed by atoms with van der Waals surface area (Å²) < 4.78 is 20.3. The van der Waals surface area contributed by atoms with Crippen molar-refractivity contribution in [3.05, 3.63) is 30.2 Å². The first kappa shape index (κ1) is 21.7. The highest BCUT2D eigenvalue weighted by molar-refractivity contribution is 5.91. The second-order valence-electron chi connectivity index (χ2n) is 8.58. The van der Waals surface area contributed by atoms with Crippen LogP contribution in [0.15, 0.2) is 24.7 Å². The minimum atomic E-state index is -1.05. The average Bonchev–Trinajstić information content (AvgIpc) is 3.21. The molecule has 2 N–H and O–H groups in total. The predicted octanol–water partition coefficient (Wildman–Crippen LogP) is 2.32. The Morgan fingerprint density at radius 2 is 2.16 bits per heavy atom. The van der Waals surface area contributed by atoms with Gasteiger partial charge in [-0.15, -0.1) is 0 Å². The lowest BCUT2D eigenvalue weighted by molar-refractivity contribution is -0.127. The first-order valence-electron chi connectivity index (χ1n) is 10.9. The van der Waals surface area contributed by atoms with Gasteiger partial charge < -0.3 is 24.8 Å². The van der Waals surface area contributed by atoms with Crippen molar-refractivity contribution in [3.63, 3.8) is 0 Å². The van der Waals surface area contributed by atoms with E-state index in [1.54, 1.807) is 11.0 Å². The summed E-state index contributed by atoms with van der Waals surface area (Å²) in [6.07, 6.45) is 8.02. The van der Waals surface area contributed by atoms with Gasteiger partial charge in [0.1, 0.15) is 24.0 Å². The molecule has 2 fully saturated rings. The van der Waals surface area contributed by atoms with Gasteiger partial charge in [0.2, 0.25) is 5.91 Å². The van der Waals surface area contributed by atoms with Crippen molar-refractivity contribution in [1.29, 1.82) is 0 Å². The Kier molecular flexibility index (Phi) is 6.82. The van der Waals surface area contributed by atoms with Gasteiger partial charge in [0.15, 0.2) is 0 Å². The summed E-state index contributed by atoms with van der Waals surface area (Å²) in [6, 6.07) is -0.518. The van der Waals surface area contributed by atoms with Gasteiger partial charge in [0.05, 0.1) is 11.4 Å². The zero-order chi connectivity index (χ0) is 21.8. The van der Waals surface area contributed by atoms with Gasteiger partial charge in [0, 0.05) is 45.1 Å². The van der Waals surface area contributed by atoms with E-state index in [2.05, 4.69) is 20.3 Å². The molecule has 9 heteroatoms. The van der Waals surface area contributed by atoms with Crippen molar-refractivity contribution in [2.24, 2.45) is 0 Å². The van der Waals surface area contributed by atoms with E-state index >= 15 is 0 Å². The molecule has 2 aliphatic rings. The third-order valence-electron chi connectivity index (χ3n) is 6.05. The van der Waals surface area contributed by atoms with Crippen molar-refractivity contribution < 1.29 is 13.9 Å². The number of piperidine rings is 1. The molecule has 2 aliphatic heterocycles. The average molecular weight is 431 g/mol. The minimum absolute atomic E-state index is 0.0853. The fourth-order valence-corrected chi connectivity index (χ4v) is 4.33. The quantitative estimate of drug-likeness (QED) is 0.684. The van der Waals surface area contributed by atoms with Crippen LogP contribution in [-0.4, -0.2) is 89.8 Å². The molecule has 4 rings (SSSR count). The highest BCUT2D eigenvalue weighted by Gasteiger charge is 2.32. The number of likely N-dealkylation sites (N-methyl/N-ethyl adjacent to an activating group) is 1. The van der Waals surface area contributed by atoms with Crippen LogP contribution in [-0.2, 0) is 9.53 Å². The Hall–Kier alpha value is -2.52. The van der Waals surface area contributed by atoms with Crippen molar-refractivity contribution in [2.75, 3.05) is 52.3 Å². The Morgan fingerprint density at radius 1 is 1.35 bits per heavy atom. The van der Waals surface area contributed by atoms with E-state index in [0.717, 1.165) is 42.7 Å². The molecule has 2 aromatic heterocycles. The topological polar surface area (TPSA) is 86.4 Å². The maximum absolute atomic E-state index is 14.8. The summed E-state index contributed by atoms with van der Waals surface area (Å²) in [5.74, 6) is 0.900. The highest BCUT2D eigenvalue weighted by Crippen LogP contribution is 2.35. The van der Waals surface area contributed by atoms with Gasteiger partial charge in [-0.1, -0.05) is 6.08 Å². The number of rotatable bonds is 6. The molecule has 2 saturated heterocycles. The third-order valence-corrected chi connectivity index (χ3v) is 6.05. The normalized spacial score (nSPS) is 23.2. The number of aromatic nitrogens is 3. The molecule has 1 amide bonds. The fourth-order valence-electron chi connectivity index (χ4n) is 4.33. The van der Waals surface area contributed by atoms with Crippen LogP contribution in [0.25, 0.3) is 11.0 Å². The zero-order valence-corrected chi connectivity index (χ0v) is 18.2. The summed E-state index contributed by atoms with van der Waals surface area (Å²) >= 11 is 0. The second kappa shape index (κ2) is 9.74. The Balaban J connectivity index is 1.51. The van der Waals surface area contributed by atoms with E-state index in [9.17, 15) is 9.18 Å². The van der Waals surface area contributed by atoms with Crippen LogP contribution in [0.2, 0.25) is 0 Å². The Labute approximate surface area is 181 Å². The molecule has 0 aliphatic carbocycles. The lowest BCUT2D eigenvalue weighted by atomic mass is 9.92. The number of nitrogens with one attached hydrogen (secondary N) is 2. The van der Waals surface area contributed by atoms with Gasteiger partial charge in [0.25, 0.3) is 0 Å². The maximum Gasteiger partial charge on any atom is 0.246 e. The van der Waals surface area contributed by atoms with Gasteiger partial charge in [-0.2, -0.15) is 0 Å². The molecule has 8 nitrogen and oxygen atoms in total. The lowest BCUT2D eigenvalue weighted by Crippen LogP contribution is -2.50. The number of H-pyrrole nitrogens is 1. The number of carbonyl (C=O) groups excluding carboxylic acids is 1. The summed E-state index contributed by atoms with van der Waals surface area (Å²) in [6.45, 7) is 2.88. The lowest BCUT2D eigenvalue weighted by Gasteiger charge is -2.35. The fraction of sp³-hybridized carbons (Fsp3) is 0.591. The summed E-state index contributed by atoms with van der Waals surface area (Å²) in [5, 5.41) is 4.21. The van der Waals surface area contributed by atoms with Crippen LogP contribution in [0.1, 0.15) is 30.7 Å². The van der Waals surface area contributed by atoms with Crippen LogP contribution >= 0.6 is 0 Å². The number of hydrogen-bond acceptors (Lipinski definition) is 6. The monoisotopic (exact) mass is 430 g/mol. The van der Waals surface area contributed by atoms with Crippen molar-refractivity contribution in [1.82, 2.24) is 24.8 Å². The highest BCUT2D eigenvalue weighted by atomic mass is 19.1. The number of carbonyl (C=O) groups is 1. The van der Waals surface area contributed by atoms with Crippen molar-refractivity contribution in [2.45, 2.75) is 37.4 Å². The molecule has 168 valence electrons. The molecule has 4 heterocycles. The van der Waals surface area contributed by atoms with Crippen molar-refractivity contribution in [3.8, 4) is 0 Å². The first-order valence-corrected chi connectivity index (χ1v) is 10.9. The maximum atomic E-state index is 14.8. The number of amides is 1. The number of alkyl halides is 1. The van der Waals surface area contributed by atoms with E-state index in [0.29, 0.717) is 37.8 Å². The molecule has 0 radical (unpaired) electrons. The molecule has 0 unspecified atom stereocenters. The standard InChI is InChI=1S/C22H31FN6O2/c1-28(2)8-3-4-19(30)29-9-5-17(23)18(13-29)27-22-20-16(15-6-10-31-11-7-15)12-24-21(20)25-14-26-22/h3-4,12,14-15,17-18H,5-11,13H2,1-2H3,(H2,24,25,26,27)/b4-3+/t17-,18+/m1/s1. The van der Waals surface area contributed by atoms with Crippen molar-refractivity contribution >= 4 is 22.8 Å². The first-order chi connectivity index (χ1) is 15.0. The summed E-state index contributed by atoms with van der Waals surface area (Å²) in [7, 11) is 3.89. The SMILES string of the molecule is CN(C)C/C=C/C(=O)N1CC[C@@H](F)[C@@H](Nc2ncnc3[nH]cc(C4CCOCC4)c23)C1. The molecule has 0 bridgehead atoms. The molecular formula is C22H31FN6O2. The Bertz CT molecular complexity index is 924. The summed E-state index contributed by atoms with van der Waals surface area (Å²) in [4.78, 5) is 28.2. The predicted molar refractivity (Wildman–Crippen MR) is 118 cm³/mol. The number of anilines is 1. The molecule has 0 aromatic carbocycles. The van der Waals surface area contributed by atoms with Crippen LogP contribution in [0.3, 0.4) is 0 Å². The largest absolute Gasteiger partial charge is 0.381 e. The number of likely N-dealkylation sites (tertiary alicyclic amines) is 1. The van der Waals surface area contributed by atoms with Crippen LogP contribution in [0, 0.1) is 0 Å². The molecule has 0 spiro atoms. The summed E-state index contributed by atoms with van der Waals surface area (Å²) in [5.41, 5.74) is 1.89. The van der Waals surface area contributed by atoms with Gasteiger partial charge in [-0.3, -0.25) is 4.79 Å². The number of ether oxygens (including phenoxy) is 1. The zero-order valence-electron chi connectivity index (χ0n) is 18.2. The molecule has 31 heavy (non-hydrogen) atoms. The molecular weight excluding hydrogens is 399 g/mol. The number of halogens is 1. The van der Waals surface area contributed by atoms with Gasteiger partial charge in [-0.05, 0) is 44.8 Å². The minimum Gasteiger partial charge on any atom is -0.381 e. The van der Waals surface area contributed by atoms with E-state index in [1.165, 1.54) is 6.33 Å². The van der Waals surface area contributed by atoms with E-state index < -0.39 is 12.2 Å². The van der Waals surface area contributed by atoms with E-state index in [4.69, 9.17) is 4.74 Å². The third kappa shape index (κ3) is 5.04. The van der Waals surface area contributed by atoms with Gasteiger partial charge in [-0.25, -0.2) is 14.4 Å². The number of aromatic amines is 1. The molecule has 2 atom stereocenters.